The Morgan fingerprint density at radius 3 is 1.98 bits per heavy atom. The monoisotopic (exact) mass is 943 g/mol. The Labute approximate surface area is 358 Å². The number of hydrogen-bond acceptors (Lipinski definition) is 3. The third kappa shape index (κ3) is 7.82. The van der Waals surface area contributed by atoms with Crippen molar-refractivity contribution >= 4 is 21.8 Å². The number of ether oxygens (including phenoxy) is 1. The molecule has 5 nitrogen and oxygen atoms in total. The van der Waals surface area contributed by atoms with E-state index in [2.05, 4.69) is 195 Å². The van der Waals surface area contributed by atoms with E-state index in [0.29, 0.717) is 11.5 Å². The van der Waals surface area contributed by atoms with Gasteiger partial charge in [0.15, 0.2) is 0 Å². The van der Waals surface area contributed by atoms with Crippen LogP contribution in [0.5, 0.6) is 11.5 Å². The van der Waals surface area contributed by atoms with Gasteiger partial charge in [-0.3, -0.25) is 4.98 Å². The van der Waals surface area contributed by atoms with Gasteiger partial charge >= 0.3 is 21.1 Å². The fraction of sp³-hybridized carbons (Fsp3) is 0.269. The molecule has 0 aliphatic rings. The Bertz CT molecular complexity index is 2770. The van der Waals surface area contributed by atoms with Crippen LogP contribution >= 0.6 is 0 Å². The molecule has 8 rings (SSSR count). The molecular formula is C52H52N4OPt. The quantitative estimate of drug-likeness (QED) is 0.156. The molecule has 3 aromatic heterocycles. The van der Waals surface area contributed by atoms with Crippen LogP contribution in [-0.4, -0.2) is 19.1 Å². The summed E-state index contributed by atoms with van der Waals surface area (Å²) < 4.78 is 11.0. The van der Waals surface area contributed by atoms with Crippen molar-refractivity contribution in [3.05, 3.63) is 156 Å². The summed E-state index contributed by atoms with van der Waals surface area (Å²) in [6.45, 7) is 24.5. The number of pyridine rings is 1. The molecule has 0 fully saturated rings. The van der Waals surface area contributed by atoms with E-state index in [1.165, 1.54) is 27.8 Å². The number of benzene rings is 5. The topological polar surface area (TPSA) is 44.9 Å². The van der Waals surface area contributed by atoms with Crippen molar-refractivity contribution in [3.63, 3.8) is 0 Å². The van der Waals surface area contributed by atoms with Gasteiger partial charge in [-0.15, -0.1) is 34.7 Å². The molecule has 0 radical (unpaired) electrons. The van der Waals surface area contributed by atoms with Crippen LogP contribution in [0.1, 0.15) is 90.1 Å². The normalized spacial score (nSPS) is 12.3. The van der Waals surface area contributed by atoms with Gasteiger partial charge in [-0.1, -0.05) is 141 Å². The first-order valence-corrected chi connectivity index (χ1v) is 19.9. The second-order valence-corrected chi connectivity index (χ2v) is 18.5. The van der Waals surface area contributed by atoms with Gasteiger partial charge in [-0.25, -0.2) is 4.98 Å². The molecule has 0 spiro atoms. The standard InChI is InChI=1S/C52H52N4O.Pt/c1-33-15-14-16-34(2)49(33)55-31-45(54-32-55)36-25-38(51(6,7)8)27-40(26-36)57-39-23-24-42-41-17-12-13-18-46(41)56(47(42)28-39)48-29-44(52(9,10)11)43(30-53-48)35-19-21-37(22-20-35)50(3,4)5;/h12-25,27,29-32H,1-11H3;/q-2;+2. The fourth-order valence-electron chi connectivity index (χ4n) is 7.82. The van der Waals surface area contributed by atoms with Gasteiger partial charge in [0.25, 0.3) is 0 Å². The molecule has 6 heteroatoms. The summed E-state index contributed by atoms with van der Waals surface area (Å²) in [7, 11) is 0. The number of nitrogens with zero attached hydrogens (tertiary/aromatic N) is 4. The molecule has 0 aliphatic heterocycles. The molecule has 0 amide bonds. The molecule has 0 saturated heterocycles. The van der Waals surface area contributed by atoms with Crippen molar-refractivity contribution in [2.45, 2.75) is 92.4 Å². The van der Waals surface area contributed by atoms with Gasteiger partial charge in [0.1, 0.15) is 5.82 Å². The summed E-state index contributed by atoms with van der Waals surface area (Å²) in [5.74, 6) is 2.07. The zero-order valence-electron chi connectivity index (χ0n) is 35.5. The molecule has 8 aromatic rings. The maximum Gasteiger partial charge on any atom is 2.00 e. The van der Waals surface area contributed by atoms with Crippen molar-refractivity contribution in [2.24, 2.45) is 0 Å². The van der Waals surface area contributed by atoms with Crippen LogP contribution in [-0.2, 0) is 37.3 Å². The molecule has 0 atom stereocenters. The molecule has 5 aromatic carbocycles. The number of rotatable bonds is 6. The minimum Gasteiger partial charge on any atom is -0.503 e. The first-order valence-electron chi connectivity index (χ1n) is 19.9. The van der Waals surface area contributed by atoms with Crippen molar-refractivity contribution in [2.75, 3.05) is 0 Å². The second kappa shape index (κ2) is 15.2. The Morgan fingerprint density at radius 1 is 0.621 bits per heavy atom. The van der Waals surface area contributed by atoms with Crippen LogP contribution in [0.2, 0.25) is 0 Å². The van der Waals surface area contributed by atoms with Gasteiger partial charge in [-0.05, 0) is 81.6 Å². The summed E-state index contributed by atoms with van der Waals surface area (Å²) in [5, 5.41) is 2.23. The summed E-state index contributed by atoms with van der Waals surface area (Å²) in [6.07, 6.45) is 6.01. The van der Waals surface area contributed by atoms with E-state index < -0.39 is 0 Å². The van der Waals surface area contributed by atoms with E-state index in [-0.39, 0.29) is 37.3 Å². The van der Waals surface area contributed by atoms with E-state index in [9.17, 15) is 0 Å². The predicted octanol–water partition coefficient (Wildman–Crippen LogP) is 13.6. The largest absolute Gasteiger partial charge is 2.00 e. The van der Waals surface area contributed by atoms with E-state index in [4.69, 9.17) is 14.7 Å². The van der Waals surface area contributed by atoms with Gasteiger partial charge in [-0.2, -0.15) is 6.07 Å². The summed E-state index contributed by atoms with van der Waals surface area (Å²) in [4.78, 5) is 10.0. The van der Waals surface area contributed by atoms with Crippen molar-refractivity contribution < 1.29 is 25.8 Å². The van der Waals surface area contributed by atoms with Gasteiger partial charge in [0.2, 0.25) is 0 Å². The molecule has 0 N–H and O–H groups in total. The minimum atomic E-state index is -0.132. The van der Waals surface area contributed by atoms with Crippen LogP contribution in [0.15, 0.2) is 116 Å². The maximum absolute atomic E-state index is 6.71. The van der Waals surface area contributed by atoms with Crippen LogP contribution in [0, 0.1) is 26.0 Å². The molecule has 0 aliphatic carbocycles. The van der Waals surface area contributed by atoms with Crippen LogP contribution in [0.3, 0.4) is 0 Å². The number of para-hydroxylation sites is 2. The number of fused-ring (bicyclic) bond motifs is 3. The number of imidazole rings is 1. The predicted molar refractivity (Wildman–Crippen MR) is 236 cm³/mol. The van der Waals surface area contributed by atoms with Crippen LogP contribution < -0.4 is 4.74 Å². The van der Waals surface area contributed by atoms with Crippen LogP contribution in [0.4, 0.5) is 0 Å². The first kappa shape index (κ1) is 40.9. The minimum absolute atomic E-state index is 0. The Kier molecular flexibility index (Phi) is 10.7. The van der Waals surface area contributed by atoms with Gasteiger partial charge in [0.05, 0.1) is 12.0 Å². The Balaban J connectivity index is 0.00000512. The molecule has 0 bridgehead atoms. The maximum atomic E-state index is 6.71. The van der Waals surface area contributed by atoms with E-state index in [1.54, 1.807) is 0 Å². The van der Waals surface area contributed by atoms with E-state index in [0.717, 1.165) is 55.7 Å². The van der Waals surface area contributed by atoms with E-state index >= 15 is 0 Å². The molecular weight excluding hydrogens is 892 g/mol. The summed E-state index contributed by atoms with van der Waals surface area (Å²) >= 11 is 0. The van der Waals surface area contributed by atoms with Crippen LogP contribution in [0.25, 0.3) is 55.7 Å². The third-order valence-corrected chi connectivity index (χ3v) is 11.0. The van der Waals surface area contributed by atoms with E-state index in [1.807, 2.05) is 18.6 Å². The SMILES string of the molecule is Cc1cccc(C)c1-n1cnc(-c2[c-]c(Oc3[c-]c4c(cc3)c3ccccc3n4-c3cc(C(C)(C)C)c(-c4ccc(C(C)(C)C)cc4)cn3)cc(C(C)(C)C)c2)c1.[Pt+2]. The fourth-order valence-corrected chi connectivity index (χ4v) is 7.82. The molecule has 0 saturated carbocycles. The summed E-state index contributed by atoms with van der Waals surface area (Å²) in [5.41, 5.74) is 13.0. The Morgan fingerprint density at radius 2 is 1.31 bits per heavy atom. The zero-order valence-corrected chi connectivity index (χ0v) is 37.8. The van der Waals surface area contributed by atoms with Gasteiger partial charge < -0.3 is 13.9 Å². The van der Waals surface area contributed by atoms with Crippen molar-refractivity contribution in [1.82, 2.24) is 19.1 Å². The third-order valence-electron chi connectivity index (χ3n) is 11.0. The first-order chi connectivity index (χ1) is 27.0. The average molecular weight is 944 g/mol. The van der Waals surface area contributed by atoms with Gasteiger partial charge in [0, 0.05) is 34.5 Å². The number of aromatic nitrogens is 4. The Hall–Kier alpha value is -5.25. The molecule has 58 heavy (non-hydrogen) atoms. The zero-order chi connectivity index (χ0) is 40.4. The number of aryl methyl sites for hydroxylation is 2. The molecule has 0 unspecified atom stereocenters. The second-order valence-electron chi connectivity index (χ2n) is 18.5. The summed E-state index contributed by atoms with van der Waals surface area (Å²) in [6, 6.07) is 41.7. The van der Waals surface area contributed by atoms with Crippen molar-refractivity contribution in [3.8, 4) is 45.4 Å². The van der Waals surface area contributed by atoms with Crippen molar-refractivity contribution in [1.29, 1.82) is 0 Å². The molecule has 3 heterocycles. The molecule has 296 valence electrons. The average Bonchev–Trinajstić information content (AvgIpc) is 3.77. The smallest absolute Gasteiger partial charge is 0.503 e. The number of hydrogen-bond donors (Lipinski definition) is 0.